The number of nitrogens with one attached hydrogen (secondary N) is 1. The molecule has 1 aromatic heterocycles. The first-order valence-corrected chi connectivity index (χ1v) is 9.95. The van der Waals surface area contributed by atoms with Crippen molar-refractivity contribution in [1.82, 2.24) is 4.98 Å². The van der Waals surface area contributed by atoms with Crippen LogP contribution in [0.2, 0.25) is 0 Å². The molecule has 150 valence electrons. The highest BCUT2D eigenvalue weighted by Crippen LogP contribution is 2.24. The van der Waals surface area contributed by atoms with Crippen molar-refractivity contribution in [2.45, 2.75) is 40.8 Å². The minimum Gasteiger partial charge on any atom is -0.348 e. The van der Waals surface area contributed by atoms with Gasteiger partial charge in [-0.1, -0.05) is 81.4 Å². The Hall–Kier alpha value is -3.14. The molecule has 0 aliphatic heterocycles. The lowest BCUT2D eigenvalue weighted by Crippen LogP contribution is -2.28. The highest BCUT2D eigenvalue weighted by Gasteiger charge is 2.22. The van der Waals surface area contributed by atoms with E-state index in [2.05, 4.69) is 58.7 Å². The lowest BCUT2D eigenvalue weighted by atomic mass is 9.95. The molecule has 0 radical (unpaired) electrons. The van der Waals surface area contributed by atoms with Crippen molar-refractivity contribution in [3.8, 4) is 0 Å². The number of carbonyl (C=O) groups excluding carboxylic acids is 1. The second kappa shape index (κ2) is 8.91. The Morgan fingerprint density at radius 3 is 1.83 bits per heavy atom. The predicted molar refractivity (Wildman–Crippen MR) is 120 cm³/mol. The van der Waals surface area contributed by atoms with Gasteiger partial charge in [-0.2, -0.15) is 0 Å². The normalized spacial score (nSPS) is 11.2. The van der Waals surface area contributed by atoms with Crippen LogP contribution in [0.15, 0.2) is 72.8 Å². The van der Waals surface area contributed by atoms with Gasteiger partial charge in [0.2, 0.25) is 5.91 Å². The largest absolute Gasteiger partial charge is 0.348 e. The Labute approximate surface area is 173 Å². The maximum absolute atomic E-state index is 12.3. The molecule has 0 aliphatic carbocycles. The molecule has 4 nitrogen and oxygen atoms in total. The van der Waals surface area contributed by atoms with Crippen LogP contribution < -0.4 is 10.2 Å². The van der Waals surface area contributed by atoms with Crippen LogP contribution in [0.25, 0.3) is 0 Å². The van der Waals surface area contributed by atoms with Gasteiger partial charge >= 0.3 is 0 Å². The third kappa shape index (κ3) is 5.67. The number of aryl methyl sites for hydroxylation is 1. The van der Waals surface area contributed by atoms with Gasteiger partial charge in [0, 0.05) is 18.5 Å². The minimum atomic E-state index is -0.447. The summed E-state index contributed by atoms with van der Waals surface area (Å²) in [6.45, 7) is 9.17. The lowest BCUT2D eigenvalue weighted by Gasteiger charge is -2.25. The molecule has 3 rings (SSSR count). The molecule has 0 bridgehead atoms. The zero-order chi connectivity index (χ0) is 20.9. The average Bonchev–Trinajstić information content (AvgIpc) is 2.70. The van der Waals surface area contributed by atoms with Crippen molar-refractivity contribution in [2.24, 2.45) is 5.41 Å². The maximum atomic E-state index is 12.3. The van der Waals surface area contributed by atoms with Crippen LogP contribution in [0.4, 0.5) is 11.5 Å². The second-order valence-electron chi connectivity index (χ2n) is 8.33. The number of amides is 1. The molecule has 3 aromatic rings. The number of nitrogens with zero attached hydrogens (tertiary/aromatic N) is 2. The first-order valence-electron chi connectivity index (χ1n) is 9.95. The van der Waals surface area contributed by atoms with Crippen LogP contribution in [0.5, 0.6) is 0 Å². The molecular weight excluding hydrogens is 358 g/mol. The van der Waals surface area contributed by atoms with Gasteiger partial charge in [0.1, 0.15) is 5.82 Å². The summed E-state index contributed by atoms with van der Waals surface area (Å²) >= 11 is 0. The number of aromatic nitrogens is 1. The molecule has 1 amide bonds. The number of anilines is 2. The topological polar surface area (TPSA) is 45.2 Å². The van der Waals surface area contributed by atoms with Gasteiger partial charge in [0.25, 0.3) is 0 Å². The van der Waals surface area contributed by atoms with Gasteiger partial charge in [0.15, 0.2) is 0 Å². The number of rotatable bonds is 6. The highest BCUT2D eigenvalue weighted by atomic mass is 16.2. The molecule has 0 spiro atoms. The zero-order valence-corrected chi connectivity index (χ0v) is 17.6. The molecule has 0 saturated carbocycles. The fourth-order valence-corrected chi connectivity index (χ4v) is 2.99. The second-order valence-corrected chi connectivity index (χ2v) is 8.33. The average molecular weight is 388 g/mol. The SMILES string of the molecule is Cc1nc(N(Cc2ccccc2)Cc2ccccc2)ccc1NC(=O)C(C)(C)C. The van der Waals surface area contributed by atoms with Gasteiger partial charge in [-0.25, -0.2) is 4.98 Å². The van der Waals surface area contributed by atoms with E-state index in [9.17, 15) is 4.79 Å². The monoisotopic (exact) mass is 387 g/mol. The van der Waals surface area contributed by atoms with Crippen molar-refractivity contribution in [3.05, 3.63) is 89.6 Å². The van der Waals surface area contributed by atoms with E-state index in [-0.39, 0.29) is 5.91 Å². The summed E-state index contributed by atoms with van der Waals surface area (Å²) < 4.78 is 0. The van der Waals surface area contributed by atoms with Gasteiger partial charge in [-0.3, -0.25) is 4.79 Å². The van der Waals surface area contributed by atoms with E-state index in [4.69, 9.17) is 4.98 Å². The Bertz CT molecular complexity index is 905. The summed E-state index contributed by atoms with van der Waals surface area (Å²) in [5.41, 5.74) is 3.58. The first-order chi connectivity index (χ1) is 13.8. The number of hydrogen-bond donors (Lipinski definition) is 1. The van der Waals surface area contributed by atoms with Gasteiger partial charge in [0.05, 0.1) is 11.4 Å². The summed E-state index contributed by atoms with van der Waals surface area (Å²) in [7, 11) is 0. The molecule has 29 heavy (non-hydrogen) atoms. The molecule has 4 heteroatoms. The van der Waals surface area contributed by atoms with E-state index in [1.807, 2.05) is 52.0 Å². The third-order valence-corrected chi connectivity index (χ3v) is 4.76. The smallest absolute Gasteiger partial charge is 0.229 e. The van der Waals surface area contributed by atoms with Crippen molar-refractivity contribution in [1.29, 1.82) is 0 Å². The summed E-state index contributed by atoms with van der Waals surface area (Å²) in [5.74, 6) is 0.879. The summed E-state index contributed by atoms with van der Waals surface area (Å²) in [6.07, 6.45) is 0. The van der Waals surface area contributed by atoms with Crippen LogP contribution >= 0.6 is 0 Å². The van der Waals surface area contributed by atoms with E-state index in [1.54, 1.807) is 0 Å². The van der Waals surface area contributed by atoms with Crippen LogP contribution in [0.1, 0.15) is 37.6 Å². The number of benzene rings is 2. The molecule has 0 unspecified atom stereocenters. The predicted octanol–water partition coefficient (Wildman–Crippen LogP) is 5.58. The summed E-state index contributed by atoms with van der Waals surface area (Å²) in [5, 5.41) is 3.00. The molecule has 0 aliphatic rings. The number of pyridine rings is 1. The Morgan fingerprint density at radius 2 is 1.38 bits per heavy atom. The van der Waals surface area contributed by atoms with Gasteiger partial charge in [-0.15, -0.1) is 0 Å². The van der Waals surface area contributed by atoms with E-state index in [0.717, 1.165) is 30.3 Å². The molecule has 1 heterocycles. The quantitative estimate of drug-likeness (QED) is 0.600. The molecular formula is C25H29N3O. The van der Waals surface area contributed by atoms with Crippen molar-refractivity contribution in [2.75, 3.05) is 10.2 Å². The van der Waals surface area contributed by atoms with Gasteiger partial charge in [-0.05, 0) is 30.2 Å². The van der Waals surface area contributed by atoms with Crippen LogP contribution in [-0.4, -0.2) is 10.9 Å². The maximum Gasteiger partial charge on any atom is 0.229 e. The standard InChI is InChI=1S/C25H29N3O/c1-19-22(27-24(29)25(2,3)4)15-16-23(26-19)28(17-20-11-7-5-8-12-20)18-21-13-9-6-10-14-21/h5-16H,17-18H2,1-4H3,(H,27,29). The highest BCUT2D eigenvalue weighted by molar-refractivity contribution is 5.95. The van der Waals surface area contributed by atoms with E-state index >= 15 is 0 Å². The van der Waals surface area contributed by atoms with Crippen molar-refractivity contribution in [3.63, 3.8) is 0 Å². The fourth-order valence-electron chi connectivity index (χ4n) is 2.99. The molecule has 1 N–H and O–H groups in total. The first kappa shape index (κ1) is 20.6. The lowest BCUT2D eigenvalue weighted by molar-refractivity contribution is -0.123. The Balaban J connectivity index is 1.86. The van der Waals surface area contributed by atoms with E-state index < -0.39 is 5.41 Å². The Kier molecular flexibility index (Phi) is 6.32. The summed E-state index contributed by atoms with van der Waals surface area (Å²) in [6, 6.07) is 24.7. The number of carbonyl (C=O) groups is 1. The molecule has 0 atom stereocenters. The van der Waals surface area contributed by atoms with Crippen LogP contribution in [0.3, 0.4) is 0 Å². The van der Waals surface area contributed by atoms with E-state index in [0.29, 0.717) is 0 Å². The number of hydrogen-bond acceptors (Lipinski definition) is 3. The molecule has 0 fully saturated rings. The van der Waals surface area contributed by atoms with E-state index in [1.165, 1.54) is 11.1 Å². The minimum absolute atomic E-state index is 0.0134. The third-order valence-electron chi connectivity index (χ3n) is 4.76. The van der Waals surface area contributed by atoms with Crippen LogP contribution in [-0.2, 0) is 17.9 Å². The fraction of sp³-hybridized carbons (Fsp3) is 0.280. The van der Waals surface area contributed by atoms with Crippen LogP contribution in [0, 0.1) is 12.3 Å². The van der Waals surface area contributed by atoms with Crippen molar-refractivity contribution < 1.29 is 4.79 Å². The van der Waals surface area contributed by atoms with Gasteiger partial charge < -0.3 is 10.2 Å². The van der Waals surface area contributed by atoms with Crippen molar-refractivity contribution >= 4 is 17.4 Å². The summed E-state index contributed by atoms with van der Waals surface area (Å²) in [4.78, 5) is 19.4. The molecule has 0 saturated heterocycles. The zero-order valence-electron chi connectivity index (χ0n) is 17.6. The molecule has 2 aromatic carbocycles. The Morgan fingerprint density at radius 1 is 0.862 bits per heavy atom.